The van der Waals surface area contributed by atoms with Crippen LogP contribution >= 0.6 is 0 Å². The minimum Gasteiger partial charge on any atom is -0.426 e. The van der Waals surface area contributed by atoms with Gasteiger partial charge in [0.15, 0.2) is 0 Å². The first-order valence-electron chi connectivity index (χ1n) is 3.12. The van der Waals surface area contributed by atoms with Crippen molar-refractivity contribution < 1.29 is 4.42 Å². The maximum Gasteiger partial charge on any atom is 0.216 e. The molecule has 0 aliphatic rings. The third kappa shape index (κ3) is 1.52. The second kappa shape index (κ2) is 2.62. The summed E-state index contributed by atoms with van der Waals surface area (Å²) in [7, 11) is 0. The molecule has 9 heavy (non-hydrogen) atoms. The van der Waals surface area contributed by atoms with Crippen LogP contribution in [0.2, 0.25) is 0 Å². The molecular formula is C6H10N2O. The van der Waals surface area contributed by atoms with Crippen LogP contribution in [0.3, 0.4) is 0 Å². The molecule has 1 aromatic rings. The molecule has 3 nitrogen and oxygen atoms in total. The van der Waals surface area contributed by atoms with E-state index in [2.05, 4.69) is 17.1 Å². The van der Waals surface area contributed by atoms with Crippen LogP contribution in [0, 0.1) is 6.92 Å². The summed E-state index contributed by atoms with van der Waals surface area (Å²) in [6.45, 7) is 3.88. The van der Waals surface area contributed by atoms with Gasteiger partial charge >= 0.3 is 0 Å². The van der Waals surface area contributed by atoms with E-state index in [1.165, 1.54) is 0 Å². The fourth-order valence-corrected chi connectivity index (χ4v) is 0.652. The quantitative estimate of drug-likeness (QED) is 0.600. The highest BCUT2D eigenvalue weighted by Gasteiger charge is 1.97. The van der Waals surface area contributed by atoms with Crippen molar-refractivity contribution in [2.75, 3.05) is 0 Å². The minimum atomic E-state index is 0.651. The molecule has 3 heteroatoms. The Morgan fingerprint density at radius 1 is 1.44 bits per heavy atom. The van der Waals surface area contributed by atoms with Gasteiger partial charge in [0.25, 0.3) is 0 Å². The molecule has 1 rings (SSSR count). The number of aromatic nitrogens is 2. The van der Waals surface area contributed by atoms with Crippen molar-refractivity contribution in [3.8, 4) is 0 Å². The van der Waals surface area contributed by atoms with E-state index in [1.807, 2.05) is 0 Å². The maximum absolute atomic E-state index is 5.10. The molecule has 0 saturated carbocycles. The van der Waals surface area contributed by atoms with Gasteiger partial charge in [-0.2, -0.15) is 0 Å². The molecule has 0 aliphatic heterocycles. The summed E-state index contributed by atoms with van der Waals surface area (Å²) in [6.07, 6.45) is 1.95. The molecule has 0 aliphatic carbocycles. The zero-order valence-corrected chi connectivity index (χ0v) is 5.72. The highest BCUT2D eigenvalue weighted by molar-refractivity contribution is 4.77. The topological polar surface area (TPSA) is 38.9 Å². The summed E-state index contributed by atoms with van der Waals surface area (Å²) in [5, 5.41) is 7.51. The molecule has 0 radical (unpaired) electrons. The van der Waals surface area contributed by atoms with E-state index in [-0.39, 0.29) is 0 Å². The molecule has 0 unspecified atom stereocenters. The van der Waals surface area contributed by atoms with E-state index in [9.17, 15) is 0 Å². The number of hydrogen-bond acceptors (Lipinski definition) is 3. The van der Waals surface area contributed by atoms with Crippen molar-refractivity contribution in [1.82, 2.24) is 10.2 Å². The van der Waals surface area contributed by atoms with E-state index in [0.717, 1.165) is 18.7 Å². The van der Waals surface area contributed by atoms with E-state index in [0.29, 0.717) is 5.89 Å². The van der Waals surface area contributed by atoms with Gasteiger partial charge in [-0.05, 0) is 6.42 Å². The molecule has 0 N–H and O–H groups in total. The number of rotatable bonds is 2. The Labute approximate surface area is 54.1 Å². The van der Waals surface area contributed by atoms with Gasteiger partial charge < -0.3 is 4.42 Å². The zero-order valence-electron chi connectivity index (χ0n) is 5.72. The van der Waals surface area contributed by atoms with Crippen molar-refractivity contribution in [3.63, 3.8) is 0 Å². The fourth-order valence-electron chi connectivity index (χ4n) is 0.652. The summed E-state index contributed by atoms with van der Waals surface area (Å²) in [5.41, 5.74) is 0. The highest BCUT2D eigenvalue weighted by Crippen LogP contribution is 1.99. The lowest BCUT2D eigenvalue weighted by molar-refractivity contribution is 0.465. The van der Waals surface area contributed by atoms with E-state index < -0.39 is 0 Å². The Morgan fingerprint density at radius 2 is 2.22 bits per heavy atom. The first-order valence-corrected chi connectivity index (χ1v) is 3.12. The van der Waals surface area contributed by atoms with Crippen LogP contribution in [0.5, 0.6) is 0 Å². The molecule has 0 atom stereocenters. The van der Waals surface area contributed by atoms with E-state index >= 15 is 0 Å². The van der Waals surface area contributed by atoms with E-state index in [4.69, 9.17) is 4.42 Å². The lowest BCUT2D eigenvalue weighted by Crippen LogP contribution is -1.80. The monoisotopic (exact) mass is 126 g/mol. The summed E-state index contributed by atoms with van der Waals surface area (Å²) >= 11 is 0. The Bertz CT molecular complexity index is 183. The molecule has 1 heterocycles. The van der Waals surface area contributed by atoms with Gasteiger partial charge in [-0.15, -0.1) is 10.2 Å². The molecule has 0 spiro atoms. The number of nitrogens with zero attached hydrogens (tertiary/aromatic N) is 2. The van der Waals surface area contributed by atoms with Crippen LogP contribution < -0.4 is 0 Å². The van der Waals surface area contributed by atoms with Crippen LogP contribution in [-0.2, 0) is 6.42 Å². The van der Waals surface area contributed by atoms with Gasteiger partial charge in [-0.3, -0.25) is 0 Å². The van der Waals surface area contributed by atoms with Gasteiger partial charge in [0.05, 0.1) is 0 Å². The third-order valence-electron chi connectivity index (χ3n) is 1.03. The van der Waals surface area contributed by atoms with Gasteiger partial charge in [0.2, 0.25) is 11.8 Å². The molecule has 0 bridgehead atoms. The molecule has 0 fully saturated rings. The molecule has 1 aromatic heterocycles. The Balaban J connectivity index is 2.61. The number of hydrogen-bond donors (Lipinski definition) is 0. The largest absolute Gasteiger partial charge is 0.426 e. The first kappa shape index (κ1) is 6.26. The third-order valence-corrected chi connectivity index (χ3v) is 1.03. The van der Waals surface area contributed by atoms with Crippen LogP contribution in [0.4, 0.5) is 0 Å². The highest BCUT2D eigenvalue weighted by atomic mass is 16.4. The Morgan fingerprint density at radius 3 is 2.67 bits per heavy atom. The predicted octanol–water partition coefficient (Wildman–Crippen LogP) is 1.33. The molecule has 0 saturated heterocycles. The van der Waals surface area contributed by atoms with Crippen molar-refractivity contribution in [1.29, 1.82) is 0 Å². The average Bonchev–Trinajstić information content (AvgIpc) is 2.17. The van der Waals surface area contributed by atoms with Crippen molar-refractivity contribution >= 4 is 0 Å². The van der Waals surface area contributed by atoms with Crippen molar-refractivity contribution in [3.05, 3.63) is 11.8 Å². The van der Waals surface area contributed by atoms with Crippen LogP contribution in [0.1, 0.15) is 25.1 Å². The average molecular weight is 126 g/mol. The molecular weight excluding hydrogens is 116 g/mol. The number of aryl methyl sites for hydroxylation is 2. The van der Waals surface area contributed by atoms with Crippen LogP contribution in [-0.4, -0.2) is 10.2 Å². The van der Waals surface area contributed by atoms with Gasteiger partial charge in [-0.25, -0.2) is 0 Å². The molecule has 50 valence electrons. The van der Waals surface area contributed by atoms with Gasteiger partial charge in [-0.1, -0.05) is 6.92 Å². The maximum atomic E-state index is 5.10. The second-order valence-corrected chi connectivity index (χ2v) is 1.96. The summed E-state index contributed by atoms with van der Waals surface area (Å²) in [6, 6.07) is 0. The second-order valence-electron chi connectivity index (χ2n) is 1.96. The standard InChI is InChI=1S/C6H10N2O/c1-3-4-6-8-7-5(2)9-6/h3-4H2,1-2H3. The normalized spacial score (nSPS) is 10.0. The van der Waals surface area contributed by atoms with E-state index in [1.54, 1.807) is 6.92 Å². The molecule has 0 aromatic carbocycles. The Kier molecular flexibility index (Phi) is 1.82. The fraction of sp³-hybridized carbons (Fsp3) is 0.667. The van der Waals surface area contributed by atoms with Crippen LogP contribution in [0.25, 0.3) is 0 Å². The predicted molar refractivity (Wildman–Crippen MR) is 33.0 cm³/mol. The van der Waals surface area contributed by atoms with Crippen molar-refractivity contribution in [2.45, 2.75) is 26.7 Å². The Hall–Kier alpha value is -0.860. The van der Waals surface area contributed by atoms with Crippen molar-refractivity contribution in [2.24, 2.45) is 0 Å². The lowest BCUT2D eigenvalue weighted by Gasteiger charge is -1.83. The first-order chi connectivity index (χ1) is 4.33. The van der Waals surface area contributed by atoms with Gasteiger partial charge in [0.1, 0.15) is 0 Å². The summed E-state index contributed by atoms with van der Waals surface area (Å²) in [4.78, 5) is 0. The van der Waals surface area contributed by atoms with Crippen LogP contribution in [0.15, 0.2) is 4.42 Å². The smallest absolute Gasteiger partial charge is 0.216 e. The zero-order chi connectivity index (χ0) is 6.69. The summed E-state index contributed by atoms with van der Waals surface area (Å²) < 4.78 is 5.10. The lowest BCUT2D eigenvalue weighted by atomic mass is 10.3. The molecule has 0 amide bonds. The summed E-state index contributed by atoms with van der Waals surface area (Å²) in [5.74, 6) is 1.40. The SMILES string of the molecule is CCCc1nnc(C)o1. The minimum absolute atomic E-state index is 0.651. The van der Waals surface area contributed by atoms with Gasteiger partial charge in [0, 0.05) is 13.3 Å².